The predicted molar refractivity (Wildman–Crippen MR) is 179 cm³/mol. The van der Waals surface area contributed by atoms with Crippen molar-refractivity contribution in [2.75, 3.05) is 39.3 Å². The Morgan fingerprint density at radius 1 is 0.935 bits per heavy atom. The summed E-state index contributed by atoms with van der Waals surface area (Å²) in [7, 11) is 0. The van der Waals surface area contributed by atoms with Gasteiger partial charge in [0.2, 0.25) is 0 Å². The van der Waals surface area contributed by atoms with Crippen LogP contribution in [0.3, 0.4) is 0 Å². The maximum absolute atomic E-state index is 13.4. The van der Waals surface area contributed by atoms with Crippen molar-refractivity contribution < 1.29 is 24.5 Å². The number of carbonyl (C=O) groups is 2. The lowest BCUT2D eigenvalue weighted by atomic mass is 9.83. The average Bonchev–Trinajstić information content (AvgIpc) is 3.65. The third kappa shape index (κ3) is 7.95. The summed E-state index contributed by atoms with van der Waals surface area (Å²) < 4.78 is 5.84. The van der Waals surface area contributed by atoms with Gasteiger partial charge in [-0.3, -0.25) is 9.69 Å². The topological polar surface area (TPSA) is 93.6 Å². The minimum Gasteiger partial charge on any atom is -0.480 e. The molecule has 2 saturated heterocycles. The van der Waals surface area contributed by atoms with Crippen LogP contribution in [0.2, 0.25) is 0 Å². The van der Waals surface area contributed by atoms with Crippen LogP contribution in [-0.4, -0.2) is 94.4 Å². The van der Waals surface area contributed by atoms with E-state index in [4.69, 9.17) is 4.74 Å². The van der Waals surface area contributed by atoms with Crippen molar-refractivity contribution in [1.29, 1.82) is 0 Å². The zero-order valence-corrected chi connectivity index (χ0v) is 27.5. The second kappa shape index (κ2) is 15.3. The number of carbonyl (C=O) groups excluding carboxylic acids is 1. The van der Waals surface area contributed by atoms with Gasteiger partial charge in [-0.05, 0) is 66.5 Å². The number of benzene rings is 2. The SMILES string of the molecule is CC1CC1N(C(=O)OCCc1ccc(CO)cc1)C1CCN(C[C@H]2CN([C@@H](C(=O)O)C3CCCCC3)C[C@@H]2c2ccccc2)CC1. The summed E-state index contributed by atoms with van der Waals surface area (Å²) in [4.78, 5) is 33.0. The van der Waals surface area contributed by atoms with Gasteiger partial charge in [0.15, 0.2) is 0 Å². The van der Waals surface area contributed by atoms with Crippen molar-refractivity contribution in [2.45, 2.75) is 95.4 Å². The maximum atomic E-state index is 13.4. The average molecular weight is 632 g/mol. The van der Waals surface area contributed by atoms with E-state index >= 15 is 0 Å². The van der Waals surface area contributed by atoms with Gasteiger partial charge in [0.05, 0.1) is 13.2 Å². The molecular weight excluding hydrogens is 578 g/mol. The molecule has 2 saturated carbocycles. The third-order valence-electron chi connectivity index (χ3n) is 11.3. The normalized spacial score (nSPS) is 26.9. The van der Waals surface area contributed by atoms with Crippen molar-refractivity contribution in [3.63, 3.8) is 0 Å². The predicted octanol–water partition coefficient (Wildman–Crippen LogP) is 5.78. The highest BCUT2D eigenvalue weighted by Crippen LogP contribution is 2.40. The van der Waals surface area contributed by atoms with E-state index in [1.807, 2.05) is 24.3 Å². The number of aliphatic hydroxyl groups is 1. The van der Waals surface area contributed by atoms with E-state index in [-0.39, 0.29) is 36.7 Å². The van der Waals surface area contributed by atoms with E-state index < -0.39 is 5.97 Å². The van der Waals surface area contributed by atoms with Crippen molar-refractivity contribution in [3.05, 3.63) is 71.3 Å². The second-order valence-corrected chi connectivity index (χ2v) is 14.5. The van der Waals surface area contributed by atoms with Gasteiger partial charge >= 0.3 is 12.1 Å². The van der Waals surface area contributed by atoms with Crippen molar-refractivity contribution in [1.82, 2.24) is 14.7 Å². The Morgan fingerprint density at radius 2 is 1.61 bits per heavy atom. The van der Waals surface area contributed by atoms with Gasteiger partial charge in [-0.1, -0.05) is 80.8 Å². The van der Waals surface area contributed by atoms with E-state index in [9.17, 15) is 19.8 Å². The highest BCUT2D eigenvalue weighted by Gasteiger charge is 2.46. The molecule has 2 aromatic rings. The van der Waals surface area contributed by atoms with Crippen LogP contribution in [0.5, 0.6) is 0 Å². The lowest BCUT2D eigenvalue weighted by Gasteiger charge is -2.39. The molecule has 4 aliphatic rings. The molecule has 2 aromatic carbocycles. The summed E-state index contributed by atoms with van der Waals surface area (Å²) in [5.41, 5.74) is 3.29. The number of amides is 1. The molecule has 2 aliphatic heterocycles. The Labute approximate surface area is 274 Å². The molecule has 8 heteroatoms. The molecule has 0 bridgehead atoms. The monoisotopic (exact) mass is 631 g/mol. The standard InChI is InChI=1S/C38H53N3O5/c1-27-22-35(27)41(38(45)46-21-18-28-12-14-29(26-42)15-13-28)33-16-19-39(20-17-33)23-32-24-40(25-34(32)30-8-4-2-5-9-30)36(37(43)44)31-10-6-3-7-11-31/h2,4-5,8-9,12-15,27,31-36,42H,3,6-7,10-11,16-26H2,1H3,(H,43,44)/t27?,32-,34+,35?,36+/m0/s1. The summed E-state index contributed by atoms with van der Waals surface area (Å²) >= 11 is 0. The van der Waals surface area contributed by atoms with Crippen molar-refractivity contribution in [2.24, 2.45) is 17.8 Å². The summed E-state index contributed by atoms with van der Waals surface area (Å²) in [5.74, 6) is 0.808. The Bertz CT molecular complexity index is 1280. The fourth-order valence-corrected chi connectivity index (χ4v) is 8.60. The van der Waals surface area contributed by atoms with Gasteiger partial charge in [0.1, 0.15) is 6.04 Å². The molecule has 6 rings (SSSR count). The highest BCUT2D eigenvalue weighted by molar-refractivity contribution is 5.74. The number of ether oxygens (including phenoxy) is 1. The van der Waals surface area contributed by atoms with Crippen molar-refractivity contribution in [3.8, 4) is 0 Å². The van der Waals surface area contributed by atoms with Gasteiger partial charge < -0.3 is 24.7 Å². The number of nitrogens with zero attached hydrogens (tertiary/aromatic N) is 3. The molecule has 46 heavy (non-hydrogen) atoms. The van der Waals surface area contributed by atoms with E-state index in [2.05, 4.69) is 52.0 Å². The molecule has 4 fully saturated rings. The number of aliphatic hydroxyl groups excluding tert-OH is 1. The minimum atomic E-state index is -0.652. The largest absolute Gasteiger partial charge is 0.480 e. The quantitative estimate of drug-likeness (QED) is 0.307. The molecule has 0 radical (unpaired) electrons. The highest BCUT2D eigenvalue weighted by atomic mass is 16.6. The zero-order chi connectivity index (χ0) is 32.0. The first-order valence-corrected chi connectivity index (χ1v) is 17.8. The first kappa shape index (κ1) is 33.0. The number of hydrogen-bond acceptors (Lipinski definition) is 6. The smallest absolute Gasteiger partial charge is 0.410 e. The number of hydrogen-bond donors (Lipinski definition) is 2. The lowest BCUT2D eigenvalue weighted by molar-refractivity contribution is -0.145. The van der Waals surface area contributed by atoms with Crippen LogP contribution in [0.1, 0.15) is 80.9 Å². The van der Waals surface area contributed by atoms with Crippen LogP contribution < -0.4 is 0 Å². The summed E-state index contributed by atoms with van der Waals surface area (Å²) in [5, 5.41) is 19.7. The molecule has 8 nitrogen and oxygen atoms in total. The number of rotatable bonds is 12. The molecule has 2 heterocycles. The van der Waals surface area contributed by atoms with Gasteiger partial charge in [-0.15, -0.1) is 0 Å². The van der Waals surface area contributed by atoms with E-state index in [0.29, 0.717) is 30.8 Å². The number of piperidine rings is 1. The first-order valence-electron chi connectivity index (χ1n) is 17.8. The zero-order valence-electron chi connectivity index (χ0n) is 27.5. The molecule has 2 aliphatic carbocycles. The summed E-state index contributed by atoms with van der Waals surface area (Å²) in [6, 6.07) is 18.6. The molecule has 0 aromatic heterocycles. The van der Waals surface area contributed by atoms with Gasteiger partial charge in [0, 0.05) is 57.1 Å². The lowest BCUT2D eigenvalue weighted by Crippen LogP contribution is -2.50. The third-order valence-corrected chi connectivity index (χ3v) is 11.3. The van der Waals surface area contributed by atoms with Gasteiger partial charge in [-0.2, -0.15) is 0 Å². The van der Waals surface area contributed by atoms with E-state index in [1.54, 1.807) is 0 Å². The molecule has 250 valence electrons. The summed E-state index contributed by atoms with van der Waals surface area (Å²) in [6.45, 7) is 7.07. The molecule has 5 atom stereocenters. The number of aliphatic carboxylic acids is 1. The second-order valence-electron chi connectivity index (χ2n) is 14.5. The number of carboxylic acid groups (broad SMARTS) is 1. The molecule has 2 N–H and O–H groups in total. The Balaban J connectivity index is 1.06. The Kier molecular flexibility index (Phi) is 11.0. The van der Waals surface area contributed by atoms with Gasteiger partial charge in [-0.25, -0.2) is 4.79 Å². The first-order chi connectivity index (χ1) is 22.4. The Morgan fingerprint density at radius 3 is 2.24 bits per heavy atom. The van der Waals surface area contributed by atoms with Gasteiger partial charge in [0.25, 0.3) is 0 Å². The van der Waals surface area contributed by atoms with Crippen molar-refractivity contribution >= 4 is 12.1 Å². The molecule has 0 spiro atoms. The minimum absolute atomic E-state index is 0.0287. The molecule has 1 amide bonds. The van der Waals surface area contributed by atoms with Crippen LogP contribution in [-0.2, 0) is 22.6 Å². The fraction of sp³-hybridized carbons (Fsp3) is 0.632. The summed E-state index contributed by atoms with van der Waals surface area (Å²) in [6.07, 6.45) is 8.96. The van der Waals surface area contributed by atoms with E-state index in [1.165, 1.54) is 12.0 Å². The molecule has 2 unspecified atom stereocenters. The van der Waals surface area contributed by atoms with Crippen LogP contribution >= 0.6 is 0 Å². The number of carboxylic acids is 1. The van der Waals surface area contributed by atoms with E-state index in [0.717, 1.165) is 88.8 Å². The van der Waals surface area contributed by atoms with Crippen LogP contribution in [0.4, 0.5) is 4.79 Å². The Hall–Kier alpha value is -2.94. The van der Waals surface area contributed by atoms with Crippen LogP contribution in [0.25, 0.3) is 0 Å². The number of likely N-dealkylation sites (tertiary alicyclic amines) is 2. The van der Waals surface area contributed by atoms with Crippen LogP contribution in [0, 0.1) is 17.8 Å². The van der Waals surface area contributed by atoms with Crippen LogP contribution in [0.15, 0.2) is 54.6 Å². The fourth-order valence-electron chi connectivity index (χ4n) is 8.60. The maximum Gasteiger partial charge on any atom is 0.410 e. The molecular formula is C38H53N3O5.